The second kappa shape index (κ2) is 8.60. The van der Waals surface area contributed by atoms with Crippen LogP contribution in [0.25, 0.3) is 22.2 Å². The van der Waals surface area contributed by atoms with E-state index in [-0.39, 0.29) is 12.2 Å². The number of hydrogen-bond donors (Lipinski definition) is 1. The Morgan fingerprint density at radius 1 is 1.18 bits per heavy atom. The number of carboxylic acids is 1. The number of aliphatic carboxylic acids is 1. The number of nitrogens with zero attached hydrogens (tertiary/aromatic N) is 2. The number of fused-ring (bicyclic) bond motifs is 2. The highest BCUT2D eigenvalue weighted by Gasteiger charge is 2.23. The molecule has 6 heteroatoms. The van der Waals surface area contributed by atoms with E-state index in [0.29, 0.717) is 12.2 Å². The standard InChI is InChI=1S/C28H27FN2O3/c1-16-13-20(29)7-6-19(16)15-31-11-10-23-27(24(14-26(32)33)18(3)30-28(23)31)22-8-9-25-21(17(22)2)5-4-12-34-25/h6-11,13H,4-5,12,14-15H2,1-3H3,(H,32,33). The van der Waals surface area contributed by atoms with Crippen LogP contribution in [0, 0.1) is 26.6 Å². The summed E-state index contributed by atoms with van der Waals surface area (Å²) in [7, 11) is 0. The highest BCUT2D eigenvalue weighted by molar-refractivity contribution is 5.98. The summed E-state index contributed by atoms with van der Waals surface area (Å²) in [6.45, 7) is 7.14. The van der Waals surface area contributed by atoms with Crippen molar-refractivity contribution in [3.05, 3.63) is 81.9 Å². The van der Waals surface area contributed by atoms with Crippen molar-refractivity contribution in [1.82, 2.24) is 9.55 Å². The minimum absolute atomic E-state index is 0.0978. The first-order chi connectivity index (χ1) is 16.3. The maximum atomic E-state index is 13.6. The smallest absolute Gasteiger partial charge is 0.307 e. The molecule has 2 aromatic carbocycles. The molecule has 1 aliphatic heterocycles. The van der Waals surface area contributed by atoms with Crippen LogP contribution in [-0.4, -0.2) is 27.2 Å². The van der Waals surface area contributed by atoms with Gasteiger partial charge in [0.2, 0.25) is 0 Å². The quantitative estimate of drug-likeness (QED) is 0.413. The number of pyridine rings is 1. The summed E-state index contributed by atoms with van der Waals surface area (Å²) < 4.78 is 21.5. The second-order valence-electron chi connectivity index (χ2n) is 9.04. The molecule has 0 unspecified atom stereocenters. The SMILES string of the molecule is Cc1cc(F)ccc1Cn1ccc2c(-c3ccc4c(c3C)CCCO4)c(CC(=O)O)c(C)nc21. The first-order valence-corrected chi connectivity index (χ1v) is 11.5. The van der Waals surface area contributed by atoms with E-state index in [1.807, 2.05) is 42.8 Å². The van der Waals surface area contributed by atoms with Crippen LogP contribution < -0.4 is 4.74 Å². The van der Waals surface area contributed by atoms with E-state index >= 15 is 0 Å². The molecule has 1 N–H and O–H groups in total. The van der Waals surface area contributed by atoms with Crippen molar-refractivity contribution in [2.24, 2.45) is 0 Å². The third-order valence-corrected chi connectivity index (χ3v) is 6.84. The second-order valence-corrected chi connectivity index (χ2v) is 9.04. The van der Waals surface area contributed by atoms with Crippen LogP contribution in [0.3, 0.4) is 0 Å². The summed E-state index contributed by atoms with van der Waals surface area (Å²) in [6.07, 6.45) is 3.79. The van der Waals surface area contributed by atoms with Gasteiger partial charge in [0.1, 0.15) is 17.2 Å². The molecule has 174 valence electrons. The zero-order valence-corrected chi connectivity index (χ0v) is 19.6. The largest absolute Gasteiger partial charge is 0.493 e. The molecule has 4 aromatic rings. The molecule has 2 aromatic heterocycles. The van der Waals surface area contributed by atoms with Crippen LogP contribution in [0.2, 0.25) is 0 Å². The molecule has 0 fully saturated rings. The predicted molar refractivity (Wildman–Crippen MR) is 130 cm³/mol. The molecular formula is C28H27FN2O3. The van der Waals surface area contributed by atoms with Gasteiger partial charge >= 0.3 is 5.97 Å². The topological polar surface area (TPSA) is 64.3 Å². The number of carboxylic acid groups (broad SMARTS) is 1. The maximum Gasteiger partial charge on any atom is 0.307 e. The van der Waals surface area contributed by atoms with Gasteiger partial charge in [-0.1, -0.05) is 12.1 Å². The van der Waals surface area contributed by atoms with Crippen LogP contribution in [0.15, 0.2) is 42.6 Å². The van der Waals surface area contributed by atoms with Crippen molar-refractivity contribution < 1.29 is 19.0 Å². The van der Waals surface area contributed by atoms with Crippen LogP contribution in [0.4, 0.5) is 4.39 Å². The summed E-state index contributed by atoms with van der Waals surface area (Å²) >= 11 is 0. The summed E-state index contributed by atoms with van der Waals surface area (Å²) in [5.74, 6) is -0.218. The lowest BCUT2D eigenvalue weighted by Gasteiger charge is -2.23. The normalized spacial score (nSPS) is 13.1. The van der Waals surface area contributed by atoms with Crippen molar-refractivity contribution in [2.45, 2.75) is 46.6 Å². The molecule has 0 amide bonds. The Hall–Kier alpha value is -3.67. The first-order valence-electron chi connectivity index (χ1n) is 11.5. The van der Waals surface area contributed by atoms with Gasteiger partial charge in [-0.2, -0.15) is 0 Å². The van der Waals surface area contributed by atoms with Crippen molar-refractivity contribution >= 4 is 17.0 Å². The Morgan fingerprint density at radius 2 is 2.00 bits per heavy atom. The van der Waals surface area contributed by atoms with Gasteiger partial charge in [0.05, 0.1) is 13.0 Å². The van der Waals surface area contributed by atoms with Crippen molar-refractivity contribution in [3.63, 3.8) is 0 Å². The molecule has 0 saturated carbocycles. The Bertz CT molecular complexity index is 1440. The van der Waals surface area contributed by atoms with Crippen molar-refractivity contribution in [2.75, 3.05) is 6.61 Å². The number of hydrogen-bond acceptors (Lipinski definition) is 3. The summed E-state index contributed by atoms with van der Waals surface area (Å²) in [5, 5.41) is 10.6. The fourth-order valence-electron chi connectivity index (χ4n) is 5.06. The van der Waals surface area contributed by atoms with E-state index in [1.165, 1.54) is 17.7 Å². The fraction of sp³-hybridized carbons (Fsp3) is 0.286. The number of carbonyl (C=O) groups is 1. The van der Waals surface area contributed by atoms with Gasteiger partial charge in [-0.15, -0.1) is 0 Å². The summed E-state index contributed by atoms with van der Waals surface area (Å²) in [6, 6.07) is 10.9. The lowest BCUT2D eigenvalue weighted by Crippen LogP contribution is -2.11. The van der Waals surface area contributed by atoms with E-state index in [2.05, 4.69) is 6.92 Å². The molecule has 0 bridgehead atoms. The van der Waals surface area contributed by atoms with Crippen LogP contribution in [-0.2, 0) is 24.2 Å². The van der Waals surface area contributed by atoms with E-state index in [9.17, 15) is 14.3 Å². The molecule has 0 radical (unpaired) electrons. The van der Waals surface area contributed by atoms with Crippen molar-refractivity contribution in [3.8, 4) is 16.9 Å². The molecule has 0 atom stereocenters. The molecule has 1 aliphatic rings. The van der Waals surface area contributed by atoms with Gasteiger partial charge in [0.15, 0.2) is 0 Å². The number of rotatable bonds is 5. The van der Waals surface area contributed by atoms with Gasteiger partial charge < -0.3 is 14.4 Å². The Kier molecular flexibility index (Phi) is 5.60. The highest BCUT2D eigenvalue weighted by Crippen LogP contribution is 2.40. The number of aromatic nitrogens is 2. The molecule has 0 aliphatic carbocycles. The Morgan fingerprint density at radius 3 is 2.76 bits per heavy atom. The molecular weight excluding hydrogens is 431 g/mol. The highest BCUT2D eigenvalue weighted by atomic mass is 19.1. The number of benzene rings is 2. The number of halogens is 1. The Labute approximate surface area is 197 Å². The lowest BCUT2D eigenvalue weighted by atomic mass is 9.88. The minimum Gasteiger partial charge on any atom is -0.493 e. The maximum absolute atomic E-state index is 13.6. The number of ether oxygens (including phenoxy) is 1. The van der Waals surface area contributed by atoms with Gasteiger partial charge in [0.25, 0.3) is 0 Å². The van der Waals surface area contributed by atoms with Crippen LogP contribution in [0.1, 0.15) is 39.9 Å². The third kappa shape index (κ3) is 3.83. The molecule has 34 heavy (non-hydrogen) atoms. The average Bonchev–Trinajstić information content (AvgIpc) is 3.19. The van der Waals surface area contributed by atoms with E-state index < -0.39 is 5.97 Å². The zero-order chi connectivity index (χ0) is 24.0. The zero-order valence-electron chi connectivity index (χ0n) is 19.6. The Balaban J connectivity index is 1.72. The summed E-state index contributed by atoms with van der Waals surface area (Å²) in [5.41, 5.74) is 8.37. The van der Waals surface area contributed by atoms with Crippen LogP contribution in [0.5, 0.6) is 5.75 Å². The van der Waals surface area contributed by atoms with E-state index in [0.717, 1.165) is 69.6 Å². The molecule has 5 rings (SSSR count). The van der Waals surface area contributed by atoms with E-state index in [1.54, 1.807) is 6.07 Å². The molecule has 0 spiro atoms. The first kappa shape index (κ1) is 22.1. The average molecular weight is 459 g/mol. The molecule has 0 saturated heterocycles. The monoisotopic (exact) mass is 458 g/mol. The van der Waals surface area contributed by atoms with Crippen molar-refractivity contribution in [1.29, 1.82) is 0 Å². The van der Waals surface area contributed by atoms with Gasteiger partial charge in [0, 0.05) is 23.8 Å². The number of aryl methyl sites for hydroxylation is 2. The molecule has 5 nitrogen and oxygen atoms in total. The van der Waals surface area contributed by atoms with Gasteiger partial charge in [-0.3, -0.25) is 4.79 Å². The van der Waals surface area contributed by atoms with Gasteiger partial charge in [-0.25, -0.2) is 9.37 Å². The lowest BCUT2D eigenvalue weighted by molar-refractivity contribution is -0.136. The molecule has 3 heterocycles. The third-order valence-electron chi connectivity index (χ3n) is 6.84. The van der Waals surface area contributed by atoms with E-state index in [4.69, 9.17) is 9.72 Å². The predicted octanol–water partition coefficient (Wildman–Crippen LogP) is 5.77. The fourth-order valence-corrected chi connectivity index (χ4v) is 5.06. The summed E-state index contributed by atoms with van der Waals surface area (Å²) in [4.78, 5) is 16.6. The minimum atomic E-state index is -0.884. The van der Waals surface area contributed by atoms with Crippen LogP contribution >= 0.6 is 0 Å². The van der Waals surface area contributed by atoms with Gasteiger partial charge in [-0.05, 0) is 96.8 Å².